The number of nitrogens with one attached hydrogen (secondary N) is 1. The molecule has 1 unspecified atom stereocenters. The number of carboxylic acids is 1. The van der Waals surface area contributed by atoms with Gasteiger partial charge in [0.05, 0.1) is 5.97 Å². The molecule has 2 aromatic rings. The fourth-order valence-electron chi connectivity index (χ4n) is 2.85. The Hall–Kier alpha value is -2.58. The highest BCUT2D eigenvalue weighted by molar-refractivity contribution is 9.10. The van der Waals surface area contributed by atoms with Gasteiger partial charge in [-0.2, -0.15) is 4.48 Å². The molecule has 1 aliphatic heterocycles. The third-order valence-corrected chi connectivity index (χ3v) is 4.75. The van der Waals surface area contributed by atoms with Gasteiger partial charge in [0.1, 0.15) is 13.1 Å². The van der Waals surface area contributed by atoms with E-state index in [1.54, 1.807) is 18.2 Å². The van der Waals surface area contributed by atoms with Gasteiger partial charge in [-0.3, -0.25) is 4.79 Å². The third-order valence-electron chi connectivity index (χ3n) is 4.00. The second-order valence-electron chi connectivity index (χ2n) is 5.47. The van der Waals surface area contributed by atoms with Gasteiger partial charge < -0.3 is 9.90 Å². The van der Waals surface area contributed by atoms with E-state index in [2.05, 4.69) is 15.9 Å². The van der Waals surface area contributed by atoms with Crippen LogP contribution in [0.3, 0.4) is 0 Å². The van der Waals surface area contributed by atoms with Gasteiger partial charge >= 0.3 is 17.8 Å². The van der Waals surface area contributed by atoms with Crippen molar-refractivity contribution >= 4 is 50.5 Å². The normalized spacial score (nSPS) is 20.5. The minimum atomic E-state index is -1.59. The molecule has 1 saturated heterocycles. The number of urea groups is 1. The van der Waals surface area contributed by atoms with Crippen LogP contribution in [0.25, 0.3) is 10.8 Å². The van der Waals surface area contributed by atoms with Crippen LogP contribution < -0.4 is 10.4 Å². The lowest BCUT2D eigenvalue weighted by Gasteiger charge is -2.27. The molecule has 3 rings (SSSR count). The minimum Gasteiger partial charge on any atom is -0.544 e. The van der Waals surface area contributed by atoms with E-state index in [9.17, 15) is 24.3 Å². The van der Waals surface area contributed by atoms with Crippen LogP contribution in [0, 0.1) is 0 Å². The van der Waals surface area contributed by atoms with E-state index in [1.807, 2.05) is 23.5 Å². The number of carbonyl (C=O) groups is 4. The SMILES string of the molecule is O=C([O-])C[N+]1(Cc2c(Br)ccc3ccccc23)C(=O)NC(=O)C1=O. The molecule has 0 saturated carbocycles. The Morgan fingerprint density at radius 2 is 1.83 bits per heavy atom. The number of rotatable bonds is 4. The highest BCUT2D eigenvalue weighted by atomic mass is 79.9. The molecule has 0 aliphatic carbocycles. The first-order valence-corrected chi connectivity index (χ1v) is 7.78. The van der Waals surface area contributed by atoms with Crippen molar-refractivity contribution in [2.75, 3.05) is 6.54 Å². The summed E-state index contributed by atoms with van der Waals surface area (Å²) in [6, 6.07) is 9.91. The molecule has 1 fully saturated rings. The Balaban J connectivity index is 2.18. The molecule has 4 amide bonds. The fourth-order valence-corrected chi connectivity index (χ4v) is 3.32. The topological polar surface area (TPSA) is 103 Å². The van der Waals surface area contributed by atoms with E-state index in [0.29, 0.717) is 10.0 Å². The Kier molecular flexibility index (Phi) is 3.94. The summed E-state index contributed by atoms with van der Waals surface area (Å²) in [4.78, 5) is 47.2. The molecule has 8 heteroatoms. The predicted molar refractivity (Wildman–Crippen MR) is 84.0 cm³/mol. The van der Waals surface area contributed by atoms with Crippen LogP contribution in [-0.2, 0) is 20.9 Å². The van der Waals surface area contributed by atoms with Crippen LogP contribution in [0.2, 0.25) is 0 Å². The number of fused-ring (bicyclic) bond motifs is 1. The van der Waals surface area contributed by atoms with Crippen molar-refractivity contribution in [2.45, 2.75) is 6.54 Å². The molecule has 24 heavy (non-hydrogen) atoms. The van der Waals surface area contributed by atoms with Crippen molar-refractivity contribution in [3.63, 3.8) is 0 Å². The molecule has 7 nitrogen and oxygen atoms in total. The van der Waals surface area contributed by atoms with Gasteiger partial charge in [0.2, 0.25) is 0 Å². The molecule has 122 valence electrons. The molecule has 1 N–H and O–H groups in total. The number of halogens is 1. The first kappa shape index (κ1) is 16.3. The molecule has 0 aromatic heterocycles. The van der Waals surface area contributed by atoms with Crippen molar-refractivity contribution in [2.24, 2.45) is 0 Å². The molecule has 0 radical (unpaired) electrons. The first-order chi connectivity index (χ1) is 11.3. The molecule has 2 aromatic carbocycles. The zero-order valence-corrected chi connectivity index (χ0v) is 13.8. The van der Waals surface area contributed by atoms with Crippen LogP contribution in [-0.4, -0.2) is 34.8 Å². The van der Waals surface area contributed by atoms with Gasteiger partial charge in [0.15, 0.2) is 0 Å². The molecule has 0 spiro atoms. The predicted octanol–water partition coefficient (Wildman–Crippen LogP) is 0.445. The lowest BCUT2D eigenvalue weighted by Crippen LogP contribution is -2.58. The number of hydrogen-bond donors (Lipinski definition) is 1. The Bertz CT molecular complexity index is 910. The van der Waals surface area contributed by atoms with Crippen LogP contribution in [0.5, 0.6) is 0 Å². The second kappa shape index (κ2) is 5.81. The Morgan fingerprint density at radius 3 is 2.46 bits per heavy atom. The summed E-state index contributed by atoms with van der Waals surface area (Å²) in [5.74, 6) is -3.81. The number of carboxylic acid groups (broad SMARTS) is 1. The smallest absolute Gasteiger partial charge is 0.432 e. The average Bonchev–Trinajstić information content (AvgIpc) is 2.73. The zero-order valence-electron chi connectivity index (χ0n) is 12.2. The van der Waals surface area contributed by atoms with Gasteiger partial charge in [-0.05, 0) is 16.8 Å². The molecular weight excluding hydrogens is 380 g/mol. The number of nitrogens with zero attached hydrogens (tertiary/aromatic N) is 1. The first-order valence-electron chi connectivity index (χ1n) is 6.98. The van der Waals surface area contributed by atoms with Crippen molar-refractivity contribution in [1.29, 1.82) is 0 Å². The summed E-state index contributed by atoms with van der Waals surface area (Å²) >= 11 is 3.37. The van der Waals surface area contributed by atoms with E-state index in [0.717, 1.165) is 10.8 Å². The van der Waals surface area contributed by atoms with Crippen LogP contribution in [0.4, 0.5) is 4.79 Å². The van der Waals surface area contributed by atoms with E-state index in [1.165, 1.54) is 0 Å². The maximum atomic E-state index is 12.3. The van der Waals surface area contributed by atoms with Crippen LogP contribution in [0.15, 0.2) is 40.9 Å². The van der Waals surface area contributed by atoms with E-state index in [4.69, 9.17) is 0 Å². The monoisotopic (exact) mass is 390 g/mol. The standard InChI is InChI=1S/C16H11BrN2O5/c17-12-6-5-9-3-1-2-4-10(9)11(12)7-19(8-13(20)21)15(23)14(22)18-16(19)24/h1-6H,7-8H2,(H-,18,20,21,22,24). The number of aliphatic carboxylic acids is 1. The highest BCUT2D eigenvalue weighted by Crippen LogP contribution is 2.31. The third kappa shape index (κ3) is 2.49. The maximum Gasteiger partial charge on any atom is 0.432 e. The fraction of sp³-hybridized carbons (Fsp3) is 0.125. The van der Waals surface area contributed by atoms with E-state index >= 15 is 0 Å². The number of imide groups is 2. The largest absolute Gasteiger partial charge is 0.544 e. The minimum absolute atomic E-state index is 0.272. The van der Waals surface area contributed by atoms with Gasteiger partial charge in [-0.25, -0.2) is 14.9 Å². The highest BCUT2D eigenvalue weighted by Gasteiger charge is 2.56. The van der Waals surface area contributed by atoms with Crippen molar-refractivity contribution < 1.29 is 28.8 Å². The van der Waals surface area contributed by atoms with Crippen molar-refractivity contribution in [3.8, 4) is 0 Å². The van der Waals surface area contributed by atoms with Crippen LogP contribution >= 0.6 is 15.9 Å². The van der Waals surface area contributed by atoms with E-state index in [-0.39, 0.29) is 6.54 Å². The van der Waals surface area contributed by atoms with Crippen LogP contribution in [0.1, 0.15) is 5.56 Å². The molecule has 0 bridgehead atoms. The number of hydrogen-bond acceptors (Lipinski definition) is 5. The van der Waals surface area contributed by atoms with E-state index < -0.39 is 34.8 Å². The summed E-state index contributed by atoms with van der Waals surface area (Å²) in [6.45, 7) is -1.18. The number of quaternary nitrogens is 1. The number of carbonyl (C=O) groups excluding carboxylic acids is 4. The summed E-state index contributed by atoms with van der Waals surface area (Å²) < 4.78 is -0.565. The summed E-state index contributed by atoms with van der Waals surface area (Å²) in [6.07, 6.45) is 0. The second-order valence-corrected chi connectivity index (χ2v) is 6.32. The summed E-state index contributed by atoms with van der Waals surface area (Å²) in [7, 11) is 0. The number of amides is 4. The zero-order chi connectivity index (χ0) is 17.5. The Labute approximate surface area is 144 Å². The lowest BCUT2D eigenvalue weighted by molar-refractivity contribution is -0.775. The van der Waals surface area contributed by atoms with Crippen molar-refractivity contribution in [3.05, 3.63) is 46.4 Å². The van der Waals surface area contributed by atoms with Crippen molar-refractivity contribution in [1.82, 2.24) is 5.32 Å². The van der Waals surface area contributed by atoms with Gasteiger partial charge in [0, 0.05) is 10.0 Å². The quantitative estimate of drug-likeness (QED) is 0.463. The summed E-state index contributed by atoms with van der Waals surface area (Å²) in [5, 5.41) is 14.6. The van der Waals surface area contributed by atoms with Gasteiger partial charge in [0.25, 0.3) is 0 Å². The number of benzene rings is 2. The van der Waals surface area contributed by atoms with Gasteiger partial charge in [-0.15, -0.1) is 0 Å². The molecule has 1 atom stereocenters. The van der Waals surface area contributed by atoms with Gasteiger partial charge in [-0.1, -0.05) is 46.3 Å². The Morgan fingerprint density at radius 1 is 1.12 bits per heavy atom. The molecular formula is C16H11BrN2O5. The average molecular weight is 391 g/mol. The molecule has 1 heterocycles. The lowest BCUT2D eigenvalue weighted by atomic mass is 10.0. The maximum absolute atomic E-state index is 12.3. The summed E-state index contributed by atoms with van der Waals surface area (Å²) in [5.41, 5.74) is 0.563. The molecule has 1 aliphatic rings.